The molecule has 10 heteroatoms. The van der Waals surface area contributed by atoms with Gasteiger partial charge in [-0.15, -0.1) is 0 Å². The topological polar surface area (TPSA) is 95.1 Å². The maximum atomic E-state index is 11.3. The zero-order valence-electron chi connectivity index (χ0n) is 20.7. The Hall–Kier alpha value is -3.27. The first-order chi connectivity index (χ1) is 18.0. The number of aryl methyl sites for hydroxylation is 1. The van der Waals surface area contributed by atoms with Crippen molar-refractivity contribution in [2.75, 3.05) is 44.3 Å². The van der Waals surface area contributed by atoms with Gasteiger partial charge in [0, 0.05) is 55.7 Å². The van der Waals surface area contributed by atoms with E-state index in [-0.39, 0.29) is 12.1 Å². The predicted octanol–water partition coefficient (Wildman–Crippen LogP) is 3.56. The van der Waals surface area contributed by atoms with E-state index in [0.717, 1.165) is 36.0 Å². The van der Waals surface area contributed by atoms with Gasteiger partial charge in [-0.3, -0.25) is 0 Å². The Bertz CT molecular complexity index is 1150. The standard InChI is InChI=1S/C27H32ClN5O4/c28-22-3-1-21(2-4-22)9-10-27(19-31-12-11-30-20-31)36-18-25(37-27)17-35-24-7-5-23(6-8-24)32-13-15-33(16-14-32)26(29)34/h1-8,11-12,20,25H,9-10,13-19H2,(H2,29,34)/t25-,27+/m1/s1. The van der Waals surface area contributed by atoms with Crippen molar-refractivity contribution in [3.8, 4) is 5.75 Å². The molecule has 0 unspecified atom stereocenters. The van der Waals surface area contributed by atoms with Crippen LogP contribution in [-0.2, 0) is 22.4 Å². The van der Waals surface area contributed by atoms with Crippen LogP contribution in [-0.4, -0.2) is 71.8 Å². The molecular weight excluding hydrogens is 494 g/mol. The van der Waals surface area contributed by atoms with E-state index >= 15 is 0 Å². The molecule has 2 saturated heterocycles. The summed E-state index contributed by atoms with van der Waals surface area (Å²) in [5.74, 6) is 0.0158. The third kappa shape index (κ3) is 6.54. The number of nitrogens with two attached hydrogens (primary N) is 1. The van der Waals surface area contributed by atoms with Gasteiger partial charge in [-0.05, 0) is 48.4 Å². The summed E-state index contributed by atoms with van der Waals surface area (Å²) in [6, 6.07) is 15.5. The average Bonchev–Trinajstić information content (AvgIpc) is 3.58. The Labute approximate surface area is 221 Å². The Morgan fingerprint density at radius 1 is 1.11 bits per heavy atom. The van der Waals surface area contributed by atoms with Gasteiger partial charge in [0.05, 0.1) is 19.5 Å². The quantitative estimate of drug-likeness (QED) is 0.459. The third-order valence-electron chi connectivity index (χ3n) is 6.83. The van der Waals surface area contributed by atoms with Crippen LogP contribution in [0.25, 0.3) is 0 Å². The van der Waals surface area contributed by atoms with Gasteiger partial charge in [0.25, 0.3) is 0 Å². The number of halogens is 1. The Balaban J connectivity index is 1.15. The van der Waals surface area contributed by atoms with Crippen molar-refractivity contribution < 1.29 is 19.0 Å². The molecule has 9 nitrogen and oxygen atoms in total. The highest BCUT2D eigenvalue weighted by atomic mass is 35.5. The molecule has 2 aliphatic heterocycles. The second-order valence-electron chi connectivity index (χ2n) is 9.44. The minimum atomic E-state index is -0.759. The average molecular weight is 526 g/mol. The fourth-order valence-electron chi connectivity index (χ4n) is 4.76. The Morgan fingerprint density at radius 3 is 2.54 bits per heavy atom. The zero-order valence-corrected chi connectivity index (χ0v) is 21.4. The van der Waals surface area contributed by atoms with Crippen LogP contribution in [0.1, 0.15) is 12.0 Å². The molecule has 196 valence electrons. The summed E-state index contributed by atoms with van der Waals surface area (Å²) in [6.07, 6.45) is 6.75. The van der Waals surface area contributed by atoms with Gasteiger partial charge in [-0.1, -0.05) is 23.7 Å². The monoisotopic (exact) mass is 525 g/mol. The molecule has 5 rings (SSSR count). The van der Waals surface area contributed by atoms with E-state index in [1.165, 1.54) is 5.56 Å². The van der Waals surface area contributed by atoms with Crippen molar-refractivity contribution in [3.05, 3.63) is 77.8 Å². The number of hydrogen-bond donors (Lipinski definition) is 1. The lowest BCUT2D eigenvalue weighted by Gasteiger charge is -2.35. The van der Waals surface area contributed by atoms with E-state index in [9.17, 15) is 4.79 Å². The lowest BCUT2D eigenvalue weighted by molar-refractivity contribution is -0.184. The Kier molecular flexibility index (Phi) is 7.83. The summed E-state index contributed by atoms with van der Waals surface area (Å²) in [5, 5.41) is 0.723. The first-order valence-corrected chi connectivity index (χ1v) is 12.9. The molecule has 0 spiro atoms. The van der Waals surface area contributed by atoms with Crippen LogP contribution in [0.5, 0.6) is 5.75 Å². The number of benzene rings is 2. The number of hydrogen-bond acceptors (Lipinski definition) is 6. The Morgan fingerprint density at radius 2 is 1.86 bits per heavy atom. The number of ether oxygens (including phenoxy) is 3. The van der Waals surface area contributed by atoms with Crippen LogP contribution < -0.4 is 15.4 Å². The first-order valence-electron chi connectivity index (χ1n) is 12.5. The van der Waals surface area contributed by atoms with E-state index in [4.69, 9.17) is 31.5 Å². The maximum absolute atomic E-state index is 11.3. The number of amides is 2. The van der Waals surface area contributed by atoms with Crippen molar-refractivity contribution in [2.45, 2.75) is 31.3 Å². The largest absolute Gasteiger partial charge is 0.491 e. The summed E-state index contributed by atoms with van der Waals surface area (Å²) in [4.78, 5) is 19.4. The molecule has 0 radical (unpaired) electrons. The van der Waals surface area contributed by atoms with Crippen LogP contribution in [0.4, 0.5) is 10.5 Å². The molecule has 0 saturated carbocycles. The second kappa shape index (κ2) is 11.4. The fraction of sp³-hybridized carbons (Fsp3) is 0.407. The zero-order chi connectivity index (χ0) is 25.7. The van der Waals surface area contributed by atoms with Crippen molar-refractivity contribution in [2.24, 2.45) is 5.73 Å². The third-order valence-corrected chi connectivity index (χ3v) is 7.09. The highest BCUT2D eigenvalue weighted by Crippen LogP contribution is 2.32. The molecule has 2 aliphatic rings. The van der Waals surface area contributed by atoms with Crippen LogP contribution in [0.2, 0.25) is 5.02 Å². The first kappa shape index (κ1) is 25.4. The highest BCUT2D eigenvalue weighted by molar-refractivity contribution is 6.30. The second-order valence-corrected chi connectivity index (χ2v) is 9.88. The molecule has 1 aromatic heterocycles. The fourth-order valence-corrected chi connectivity index (χ4v) is 4.89. The van der Waals surface area contributed by atoms with Gasteiger partial charge in [-0.25, -0.2) is 9.78 Å². The molecule has 0 aliphatic carbocycles. The highest BCUT2D eigenvalue weighted by Gasteiger charge is 2.42. The van der Waals surface area contributed by atoms with Crippen molar-refractivity contribution in [1.82, 2.24) is 14.5 Å². The molecule has 2 aromatic carbocycles. The van der Waals surface area contributed by atoms with E-state index in [1.54, 1.807) is 17.4 Å². The van der Waals surface area contributed by atoms with Crippen LogP contribution in [0.3, 0.4) is 0 Å². The SMILES string of the molecule is NC(=O)N1CCN(c2ccc(OC[C@@H]3CO[C@](CCc4ccc(Cl)cc4)(Cn4ccnc4)O3)cc2)CC1. The van der Waals surface area contributed by atoms with E-state index in [0.29, 0.717) is 39.3 Å². The molecule has 2 fully saturated rings. The van der Waals surface area contributed by atoms with E-state index in [2.05, 4.69) is 9.88 Å². The van der Waals surface area contributed by atoms with Crippen molar-refractivity contribution in [1.29, 1.82) is 0 Å². The number of primary amides is 1. The summed E-state index contributed by atoms with van der Waals surface area (Å²) in [7, 11) is 0. The number of carbonyl (C=O) groups is 1. The number of imidazole rings is 1. The van der Waals surface area contributed by atoms with Crippen LogP contribution in [0.15, 0.2) is 67.3 Å². The van der Waals surface area contributed by atoms with Gasteiger partial charge >= 0.3 is 6.03 Å². The van der Waals surface area contributed by atoms with E-state index < -0.39 is 5.79 Å². The number of rotatable bonds is 9. The number of nitrogens with zero attached hydrogens (tertiary/aromatic N) is 4. The number of anilines is 1. The van der Waals surface area contributed by atoms with Gasteiger partial charge in [0.1, 0.15) is 18.5 Å². The van der Waals surface area contributed by atoms with Gasteiger partial charge in [0.15, 0.2) is 5.79 Å². The minimum absolute atomic E-state index is 0.185. The summed E-state index contributed by atoms with van der Waals surface area (Å²) < 4.78 is 20.8. The van der Waals surface area contributed by atoms with Crippen LogP contribution >= 0.6 is 11.6 Å². The van der Waals surface area contributed by atoms with E-state index in [1.807, 2.05) is 59.3 Å². The van der Waals surface area contributed by atoms with Crippen LogP contribution in [0, 0.1) is 0 Å². The maximum Gasteiger partial charge on any atom is 0.314 e. The molecular formula is C27H32ClN5O4. The molecule has 2 N–H and O–H groups in total. The molecule has 37 heavy (non-hydrogen) atoms. The summed E-state index contributed by atoms with van der Waals surface area (Å²) in [5.41, 5.74) is 7.65. The molecule has 2 atom stereocenters. The minimum Gasteiger partial charge on any atom is -0.491 e. The summed E-state index contributed by atoms with van der Waals surface area (Å²) >= 11 is 6.04. The number of carbonyl (C=O) groups excluding carboxylic acids is 1. The van der Waals surface area contributed by atoms with Gasteiger partial charge in [0.2, 0.25) is 0 Å². The predicted molar refractivity (Wildman–Crippen MR) is 141 cm³/mol. The van der Waals surface area contributed by atoms with Crippen molar-refractivity contribution in [3.63, 3.8) is 0 Å². The number of piperazine rings is 1. The normalized spacial score (nSPS) is 21.8. The van der Waals surface area contributed by atoms with Gasteiger partial charge < -0.3 is 34.3 Å². The smallest absolute Gasteiger partial charge is 0.314 e. The molecule has 3 heterocycles. The lowest BCUT2D eigenvalue weighted by atomic mass is 10.0. The number of urea groups is 1. The molecule has 3 aromatic rings. The van der Waals surface area contributed by atoms with Gasteiger partial charge in [-0.2, -0.15) is 0 Å². The molecule has 2 amide bonds. The lowest BCUT2D eigenvalue weighted by Crippen LogP contribution is -2.50. The number of aromatic nitrogens is 2. The van der Waals surface area contributed by atoms with Crippen molar-refractivity contribution >= 4 is 23.3 Å². The summed E-state index contributed by atoms with van der Waals surface area (Å²) in [6.45, 7) is 4.17. The molecule has 0 bridgehead atoms.